The second-order valence-corrected chi connectivity index (χ2v) is 5.10. The zero-order chi connectivity index (χ0) is 15.4. The molecule has 2 aromatic rings. The number of ether oxygens (including phenoxy) is 2. The topological polar surface area (TPSA) is 67.8 Å². The fourth-order valence-corrected chi connectivity index (χ4v) is 2.16. The van der Waals surface area contributed by atoms with E-state index in [1.54, 1.807) is 30.3 Å². The average Bonchev–Trinajstić information content (AvgIpc) is 2.49. The molecule has 0 fully saturated rings. The van der Waals surface area contributed by atoms with Crippen molar-refractivity contribution in [2.24, 2.45) is 0 Å². The van der Waals surface area contributed by atoms with Gasteiger partial charge in [-0.1, -0.05) is 15.9 Å². The van der Waals surface area contributed by atoms with Crippen LogP contribution in [0.3, 0.4) is 0 Å². The predicted molar refractivity (Wildman–Crippen MR) is 83.3 cm³/mol. The van der Waals surface area contributed by atoms with E-state index in [-0.39, 0.29) is 11.3 Å². The van der Waals surface area contributed by atoms with E-state index in [0.717, 1.165) is 0 Å². The van der Waals surface area contributed by atoms with E-state index in [1.165, 1.54) is 20.3 Å². The van der Waals surface area contributed by atoms with Crippen LogP contribution in [0.25, 0.3) is 0 Å². The molecule has 2 N–H and O–H groups in total. The Morgan fingerprint density at radius 1 is 1.10 bits per heavy atom. The van der Waals surface area contributed by atoms with E-state index < -0.39 is 5.91 Å². The lowest BCUT2D eigenvalue weighted by molar-refractivity contribution is 0.102. The average molecular weight is 352 g/mol. The zero-order valence-electron chi connectivity index (χ0n) is 11.5. The van der Waals surface area contributed by atoms with E-state index >= 15 is 0 Å². The number of phenolic OH excluding ortho intramolecular Hbond substituents is 1. The standard InChI is InChI=1S/C15H14BrNO4/c1-20-13-6-4-10(8-14(13)21-2)17-15(19)11-7-9(16)3-5-12(11)18/h3-8,18H,1-2H3,(H,17,19). The van der Waals surface area contributed by atoms with Gasteiger partial charge < -0.3 is 19.9 Å². The maximum absolute atomic E-state index is 12.2. The van der Waals surface area contributed by atoms with Crippen LogP contribution in [-0.2, 0) is 0 Å². The molecule has 0 saturated carbocycles. The second kappa shape index (κ2) is 6.49. The highest BCUT2D eigenvalue weighted by atomic mass is 79.9. The Hall–Kier alpha value is -2.21. The molecule has 5 nitrogen and oxygen atoms in total. The molecule has 2 rings (SSSR count). The number of halogens is 1. The number of nitrogens with one attached hydrogen (secondary N) is 1. The van der Waals surface area contributed by atoms with Crippen LogP contribution in [0.2, 0.25) is 0 Å². The molecule has 0 unspecified atom stereocenters. The van der Waals surface area contributed by atoms with Gasteiger partial charge in [0.05, 0.1) is 19.8 Å². The lowest BCUT2D eigenvalue weighted by Gasteiger charge is -2.11. The minimum atomic E-state index is -0.416. The Labute approximate surface area is 130 Å². The van der Waals surface area contributed by atoms with Crippen LogP contribution in [-0.4, -0.2) is 25.2 Å². The minimum absolute atomic E-state index is 0.0869. The lowest BCUT2D eigenvalue weighted by atomic mass is 10.2. The lowest BCUT2D eigenvalue weighted by Crippen LogP contribution is -2.12. The van der Waals surface area contributed by atoms with Crippen LogP contribution < -0.4 is 14.8 Å². The van der Waals surface area contributed by atoms with E-state index in [1.807, 2.05) is 0 Å². The summed E-state index contributed by atoms with van der Waals surface area (Å²) in [4.78, 5) is 12.2. The van der Waals surface area contributed by atoms with Gasteiger partial charge in [-0.15, -0.1) is 0 Å². The Morgan fingerprint density at radius 2 is 1.81 bits per heavy atom. The minimum Gasteiger partial charge on any atom is -0.507 e. The number of aromatic hydroxyl groups is 1. The Bertz CT molecular complexity index is 673. The summed E-state index contributed by atoms with van der Waals surface area (Å²) in [7, 11) is 3.05. The fourth-order valence-electron chi connectivity index (χ4n) is 1.80. The fraction of sp³-hybridized carbons (Fsp3) is 0.133. The molecule has 0 bridgehead atoms. The molecule has 6 heteroatoms. The molecule has 21 heavy (non-hydrogen) atoms. The second-order valence-electron chi connectivity index (χ2n) is 4.19. The van der Waals surface area contributed by atoms with Gasteiger partial charge in [0.2, 0.25) is 0 Å². The maximum Gasteiger partial charge on any atom is 0.259 e. The van der Waals surface area contributed by atoms with Crippen molar-refractivity contribution in [3.63, 3.8) is 0 Å². The highest BCUT2D eigenvalue weighted by Crippen LogP contribution is 2.30. The highest BCUT2D eigenvalue weighted by Gasteiger charge is 2.13. The van der Waals surface area contributed by atoms with Gasteiger partial charge >= 0.3 is 0 Å². The number of carbonyl (C=O) groups excluding carboxylic acids is 1. The molecule has 0 aliphatic carbocycles. The summed E-state index contributed by atoms with van der Waals surface area (Å²) < 4.78 is 11.0. The predicted octanol–water partition coefficient (Wildman–Crippen LogP) is 3.42. The van der Waals surface area contributed by atoms with Crippen molar-refractivity contribution in [3.05, 3.63) is 46.4 Å². The zero-order valence-corrected chi connectivity index (χ0v) is 13.1. The number of rotatable bonds is 4. The Morgan fingerprint density at radius 3 is 2.48 bits per heavy atom. The van der Waals surface area contributed by atoms with Crippen molar-refractivity contribution in [2.45, 2.75) is 0 Å². The summed E-state index contributed by atoms with van der Waals surface area (Å²) >= 11 is 3.26. The first kappa shape index (κ1) is 15.2. The van der Waals surface area contributed by atoms with Crippen LogP contribution in [0.5, 0.6) is 17.2 Å². The first-order valence-corrected chi connectivity index (χ1v) is 6.86. The molecule has 0 saturated heterocycles. The largest absolute Gasteiger partial charge is 0.507 e. The number of benzene rings is 2. The summed E-state index contributed by atoms with van der Waals surface area (Å²) in [5, 5.41) is 12.4. The molecule has 1 amide bonds. The Balaban J connectivity index is 2.25. The van der Waals surface area contributed by atoms with E-state index in [9.17, 15) is 9.90 Å². The monoisotopic (exact) mass is 351 g/mol. The van der Waals surface area contributed by atoms with Gasteiger partial charge in [0, 0.05) is 16.2 Å². The van der Waals surface area contributed by atoms with Crippen LogP contribution in [0.15, 0.2) is 40.9 Å². The number of hydrogen-bond donors (Lipinski definition) is 2. The first-order chi connectivity index (χ1) is 10.0. The van der Waals surface area contributed by atoms with Crippen LogP contribution in [0, 0.1) is 0 Å². The van der Waals surface area contributed by atoms with E-state index in [4.69, 9.17) is 9.47 Å². The SMILES string of the molecule is COc1ccc(NC(=O)c2cc(Br)ccc2O)cc1OC. The van der Waals surface area contributed by atoms with Crippen molar-refractivity contribution in [3.8, 4) is 17.2 Å². The number of carbonyl (C=O) groups is 1. The molecular formula is C15H14BrNO4. The van der Waals surface area contributed by atoms with E-state index in [2.05, 4.69) is 21.2 Å². The third-order valence-electron chi connectivity index (χ3n) is 2.84. The molecule has 0 aliphatic heterocycles. The molecule has 0 heterocycles. The molecule has 2 aromatic carbocycles. The number of anilines is 1. The molecular weight excluding hydrogens is 338 g/mol. The quantitative estimate of drug-likeness (QED) is 0.885. The van der Waals surface area contributed by atoms with Crippen molar-refractivity contribution in [1.82, 2.24) is 0 Å². The highest BCUT2D eigenvalue weighted by molar-refractivity contribution is 9.10. The van der Waals surface area contributed by atoms with Gasteiger partial charge in [-0.2, -0.15) is 0 Å². The third-order valence-corrected chi connectivity index (χ3v) is 3.34. The number of hydrogen-bond acceptors (Lipinski definition) is 4. The smallest absolute Gasteiger partial charge is 0.259 e. The van der Waals surface area contributed by atoms with E-state index in [0.29, 0.717) is 21.7 Å². The number of methoxy groups -OCH3 is 2. The van der Waals surface area contributed by atoms with Crippen molar-refractivity contribution >= 4 is 27.5 Å². The normalized spacial score (nSPS) is 10.0. The molecule has 0 atom stereocenters. The number of amides is 1. The molecule has 0 radical (unpaired) electrons. The van der Waals surface area contributed by atoms with Gasteiger partial charge in [0.25, 0.3) is 5.91 Å². The summed E-state index contributed by atoms with van der Waals surface area (Å²) in [6, 6.07) is 9.68. The van der Waals surface area contributed by atoms with Crippen molar-refractivity contribution < 1.29 is 19.4 Å². The van der Waals surface area contributed by atoms with Crippen molar-refractivity contribution in [1.29, 1.82) is 0 Å². The van der Waals surface area contributed by atoms with Gasteiger partial charge in [0.1, 0.15) is 5.75 Å². The van der Waals surface area contributed by atoms with Gasteiger partial charge in [0.15, 0.2) is 11.5 Å². The van der Waals surface area contributed by atoms with Crippen molar-refractivity contribution in [2.75, 3.05) is 19.5 Å². The van der Waals surface area contributed by atoms with Crippen LogP contribution >= 0.6 is 15.9 Å². The molecule has 0 aliphatic rings. The first-order valence-electron chi connectivity index (χ1n) is 6.07. The summed E-state index contributed by atoms with van der Waals surface area (Å²) in [6.07, 6.45) is 0. The van der Waals surface area contributed by atoms with Crippen LogP contribution in [0.4, 0.5) is 5.69 Å². The third kappa shape index (κ3) is 3.46. The number of phenols is 1. The summed E-state index contributed by atoms with van der Waals surface area (Å²) in [6.45, 7) is 0. The Kier molecular flexibility index (Phi) is 4.70. The summed E-state index contributed by atoms with van der Waals surface area (Å²) in [5.74, 6) is 0.576. The molecule has 0 aromatic heterocycles. The van der Waals surface area contributed by atoms with Gasteiger partial charge in [-0.25, -0.2) is 0 Å². The van der Waals surface area contributed by atoms with Gasteiger partial charge in [-0.05, 0) is 30.3 Å². The van der Waals surface area contributed by atoms with Gasteiger partial charge in [-0.3, -0.25) is 4.79 Å². The molecule has 110 valence electrons. The molecule has 0 spiro atoms. The van der Waals surface area contributed by atoms with Crippen LogP contribution in [0.1, 0.15) is 10.4 Å². The summed E-state index contributed by atoms with van der Waals surface area (Å²) in [5.41, 5.74) is 0.719. The maximum atomic E-state index is 12.2.